The van der Waals surface area contributed by atoms with Crippen LogP contribution >= 0.6 is 11.6 Å². The van der Waals surface area contributed by atoms with E-state index < -0.39 is 0 Å². The van der Waals surface area contributed by atoms with E-state index in [4.69, 9.17) is 11.6 Å². The molecule has 0 aliphatic heterocycles. The summed E-state index contributed by atoms with van der Waals surface area (Å²) >= 11 is 5.97. The van der Waals surface area contributed by atoms with Crippen LogP contribution in [0.1, 0.15) is 25.3 Å². The second-order valence-corrected chi connectivity index (χ2v) is 6.18. The maximum Gasteiger partial charge on any atom is 0.243 e. The van der Waals surface area contributed by atoms with Gasteiger partial charge in [-0.15, -0.1) is 0 Å². The molecule has 2 aromatic rings. The number of nitrogens with one attached hydrogen (secondary N) is 3. The highest BCUT2D eigenvalue weighted by molar-refractivity contribution is 6.30. The summed E-state index contributed by atoms with van der Waals surface area (Å²) in [5.41, 5.74) is 3.12. The minimum absolute atomic E-state index is 0.0379. The number of halogens is 1. The predicted octanol–water partition coefficient (Wildman–Crippen LogP) is 4.44. The van der Waals surface area contributed by atoms with Crippen molar-refractivity contribution in [3.05, 3.63) is 53.1 Å². The molecular formula is C19H22ClN3O2. The van der Waals surface area contributed by atoms with Crippen LogP contribution in [0.3, 0.4) is 0 Å². The number of amides is 2. The van der Waals surface area contributed by atoms with Crippen molar-refractivity contribution in [1.82, 2.24) is 0 Å². The predicted molar refractivity (Wildman–Crippen MR) is 103 cm³/mol. The van der Waals surface area contributed by atoms with Crippen molar-refractivity contribution >= 4 is 40.5 Å². The van der Waals surface area contributed by atoms with Crippen molar-refractivity contribution in [2.75, 3.05) is 22.5 Å². The fraction of sp³-hybridized carbons (Fsp3) is 0.263. The first-order valence-electron chi connectivity index (χ1n) is 8.17. The highest BCUT2D eigenvalue weighted by atomic mass is 35.5. The van der Waals surface area contributed by atoms with Gasteiger partial charge >= 0.3 is 0 Å². The fourth-order valence-electron chi connectivity index (χ4n) is 2.29. The van der Waals surface area contributed by atoms with Crippen LogP contribution in [-0.4, -0.2) is 18.4 Å². The molecule has 0 aliphatic carbocycles. The number of hydrogen-bond donors (Lipinski definition) is 3. The topological polar surface area (TPSA) is 70.2 Å². The van der Waals surface area contributed by atoms with Gasteiger partial charge in [0.2, 0.25) is 11.8 Å². The highest BCUT2D eigenvalue weighted by Crippen LogP contribution is 2.20. The van der Waals surface area contributed by atoms with Crippen molar-refractivity contribution in [1.29, 1.82) is 0 Å². The third-order valence-electron chi connectivity index (χ3n) is 3.55. The van der Waals surface area contributed by atoms with E-state index >= 15 is 0 Å². The number of rotatable bonds is 7. The molecule has 0 radical (unpaired) electrons. The smallest absolute Gasteiger partial charge is 0.243 e. The van der Waals surface area contributed by atoms with Crippen molar-refractivity contribution < 1.29 is 9.59 Å². The summed E-state index contributed by atoms with van der Waals surface area (Å²) in [6.45, 7) is 4.01. The summed E-state index contributed by atoms with van der Waals surface area (Å²) in [5.74, 6) is -0.222. The third-order valence-corrected chi connectivity index (χ3v) is 3.78. The molecule has 5 nitrogen and oxygen atoms in total. The number of carbonyl (C=O) groups excluding carboxylic acids is 2. The van der Waals surface area contributed by atoms with Gasteiger partial charge in [0.05, 0.1) is 6.54 Å². The summed E-state index contributed by atoms with van der Waals surface area (Å²) in [6, 6.07) is 12.6. The molecule has 2 aromatic carbocycles. The van der Waals surface area contributed by atoms with Gasteiger partial charge in [0, 0.05) is 28.5 Å². The Kier molecular flexibility index (Phi) is 6.83. The molecule has 6 heteroatoms. The zero-order valence-corrected chi connectivity index (χ0v) is 15.1. The van der Waals surface area contributed by atoms with Crippen molar-refractivity contribution in [2.24, 2.45) is 0 Å². The molecule has 2 rings (SSSR count). The Morgan fingerprint density at radius 1 is 1.00 bits per heavy atom. The Hall–Kier alpha value is -2.53. The molecule has 0 fully saturated rings. The van der Waals surface area contributed by atoms with Crippen LogP contribution < -0.4 is 16.0 Å². The summed E-state index contributed by atoms with van der Waals surface area (Å²) in [5, 5.41) is 9.30. The molecule has 0 aliphatic rings. The van der Waals surface area contributed by atoms with Crippen LogP contribution in [0.15, 0.2) is 42.5 Å². The highest BCUT2D eigenvalue weighted by Gasteiger charge is 2.06. The molecule has 0 aromatic heterocycles. The number of hydrogen-bond acceptors (Lipinski definition) is 3. The van der Waals surface area contributed by atoms with Crippen LogP contribution in [0, 0.1) is 6.92 Å². The second-order valence-electron chi connectivity index (χ2n) is 5.74. The quantitative estimate of drug-likeness (QED) is 0.684. The molecule has 0 saturated heterocycles. The molecule has 0 saturated carbocycles. The summed E-state index contributed by atoms with van der Waals surface area (Å²) in [7, 11) is 0. The lowest BCUT2D eigenvalue weighted by Gasteiger charge is -2.11. The molecule has 0 bridgehead atoms. The number of benzene rings is 2. The molecule has 0 unspecified atom stereocenters. The molecule has 132 valence electrons. The third kappa shape index (κ3) is 6.12. The number of aryl methyl sites for hydroxylation is 1. The largest absolute Gasteiger partial charge is 0.376 e. The Bertz CT molecular complexity index is 762. The number of carbonyl (C=O) groups is 2. The van der Waals surface area contributed by atoms with Crippen molar-refractivity contribution in [3.8, 4) is 0 Å². The maximum atomic E-state index is 12.1. The monoisotopic (exact) mass is 359 g/mol. The van der Waals surface area contributed by atoms with Gasteiger partial charge in [-0.05, 0) is 49.2 Å². The van der Waals surface area contributed by atoms with Crippen LogP contribution in [0.4, 0.5) is 17.1 Å². The average Bonchev–Trinajstić information content (AvgIpc) is 2.56. The van der Waals surface area contributed by atoms with Gasteiger partial charge in [0.15, 0.2) is 0 Å². The summed E-state index contributed by atoms with van der Waals surface area (Å²) in [6.07, 6.45) is 1.26. The van der Waals surface area contributed by atoms with Gasteiger partial charge in [-0.2, -0.15) is 0 Å². The van der Waals surface area contributed by atoms with Crippen molar-refractivity contribution in [3.63, 3.8) is 0 Å². The minimum Gasteiger partial charge on any atom is -0.376 e. The van der Waals surface area contributed by atoms with Gasteiger partial charge in [0.25, 0.3) is 0 Å². The van der Waals surface area contributed by atoms with E-state index in [0.717, 1.165) is 17.7 Å². The molecule has 2 amide bonds. The number of anilines is 3. The first-order valence-corrected chi connectivity index (χ1v) is 8.55. The fourth-order valence-corrected chi connectivity index (χ4v) is 2.46. The standard InChI is InChI=1S/C19H22ClN3O2/c1-3-5-18(24)22-15-6-4-7-16(11-15)23-19(25)12-21-17-10-14(20)9-8-13(17)2/h4,6-11,21H,3,5,12H2,1-2H3,(H,22,24)(H,23,25). The zero-order chi connectivity index (χ0) is 18.2. The van der Waals surface area contributed by atoms with Gasteiger partial charge < -0.3 is 16.0 Å². The molecular weight excluding hydrogens is 338 g/mol. The summed E-state index contributed by atoms with van der Waals surface area (Å²) in [4.78, 5) is 23.8. The lowest BCUT2D eigenvalue weighted by Crippen LogP contribution is -2.22. The first-order chi connectivity index (χ1) is 12.0. The van der Waals surface area contributed by atoms with Crippen molar-refractivity contribution in [2.45, 2.75) is 26.7 Å². The second kappa shape index (κ2) is 9.08. The zero-order valence-electron chi connectivity index (χ0n) is 14.4. The Labute approximate surface area is 152 Å². The van der Waals surface area contributed by atoms with Crippen LogP contribution in [0.5, 0.6) is 0 Å². The lowest BCUT2D eigenvalue weighted by atomic mass is 10.2. The van der Waals surface area contributed by atoms with Crippen LogP contribution in [0.25, 0.3) is 0 Å². The van der Waals surface area contributed by atoms with E-state index in [-0.39, 0.29) is 18.4 Å². The van der Waals surface area contributed by atoms with E-state index in [1.165, 1.54) is 0 Å². The van der Waals surface area contributed by atoms with Gasteiger partial charge in [-0.25, -0.2) is 0 Å². The van der Waals surface area contributed by atoms with Crippen LogP contribution in [-0.2, 0) is 9.59 Å². The first kappa shape index (κ1) is 18.8. The Balaban J connectivity index is 1.92. The summed E-state index contributed by atoms with van der Waals surface area (Å²) < 4.78 is 0. The van der Waals surface area contributed by atoms with E-state index in [1.807, 2.05) is 19.9 Å². The molecule has 0 heterocycles. The van der Waals surface area contributed by atoms with Gasteiger partial charge in [0.1, 0.15) is 0 Å². The van der Waals surface area contributed by atoms with E-state index in [9.17, 15) is 9.59 Å². The van der Waals surface area contributed by atoms with E-state index in [1.54, 1.807) is 36.4 Å². The molecule has 3 N–H and O–H groups in total. The van der Waals surface area contributed by atoms with E-state index in [2.05, 4.69) is 16.0 Å². The van der Waals surface area contributed by atoms with Crippen LogP contribution in [0.2, 0.25) is 5.02 Å². The molecule has 0 atom stereocenters. The molecule has 0 spiro atoms. The van der Waals surface area contributed by atoms with Gasteiger partial charge in [-0.1, -0.05) is 30.7 Å². The average molecular weight is 360 g/mol. The molecule has 25 heavy (non-hydrogen) atoms. The Morgan fingerprint density at radius 2 is 1.68 bits per heavy atom. The Morgan fingerprint density at radius 3 is 2.36 bits per heavy atom. The SMILES string of the molecule is CCCC(=O)Nc1cccc(NC(=O)CNc2cc(Cl)ccc2C)c1. The van der Waals surface area contributed by atoms with E-state index in [0.29, 0.717) is 22.8 Å². The van der Waals surface area contributed by atoms with Gasteiger partial charge in [-0.3, -0.25) is 9.59 Å². The minimum atomic E-state index is -0.184. The maximum absolute atomic E-state index is 12.1. The normalized spacial score (nSPS) is 10.2. The lowest BCUT2D eigenvalue weighted by molar-refractivity contribution is -0.116.